The third kappa shape index (κ3) is 4.54. The third-order valence-electron chi connectivity index (χ3n) is 3.45. The predicted octanol–water partition coefficient (Wildman–Crippen LogP) is 0.128. The number of ether oxygens (including phenoxy) is 2. The van der Waals surface area contributed by atoms with E-state index in [1.165, 1.54) is 5.56 Å². The summed E-state index contributed by atoms with van der Waals surface area (Å²) >= 11 is 0. The molecular weight excluding hydrogens is 258 g/mol. The van der Waals surface area contributed by atoms with Gasteiger partial charge in [0.25, 0.3) is 0 Å². The summed E-state index contributed by atoms with van der Waals surface area (Å²) in [4.78, 5) is 0. The minimum absolute atomic E-state index is 0.0432. The molecule has 3 atom stereocenters. The molecule has 5 heteroatoms. The monoisotopic (exact) mass is 281 g/mol. The maximum atomic E-state index is 9.30. The molecule has 1 aliphatic heterocycles. The fourth-order valence-electron chi connectivity index (χ4n) is 2.36. The molecule has 3 N–H and O–H groups in total. The molecule has 1 aromatic rings. The van der Waals surface area contributed by atoms with Crippen molar-refractivity contribution in [3.8, 4) is 0 Å². The van der Waals surface area contributed by atoms with Crippen molar-refractivity contribution in [2.24, 2.45) is 0 Å². The maximum Gasteiger partial charge on any atom is 0.100 e. The summed E-state index contributed by atoms with van der Waals surface area (Å²) in [5.41, 5.74) is 1.22. The van der Waals surface area contributed by atoms with Gasteiger partial charge in [0.2, 0.25) is 0 Å². The molecule has 0 bridgehead atoms. The molecule has 3 unspecified atom stereocenters. The van der Waals surface area contributed by atoms with Crippen LogP contribution >= 0.6 is 0 Å². The number of aliphatic hydroxyl groups excluding tert-OH is 2. The minimum Gasteiger partial charge on any atom is -0.394 e. The van der Waals surface area contributed by atoms with Gasteiger partial charge >= 0.3 is 0 Å². The lowest BCUT2D eigenvalue weighted by atomic mass is 9.93. The Kier molecular flexibility index (Phi) is 6.42. The van der Waals surface area contributed by atoms with Gasteiger partial charge in [-0.3, -0.25) is 0 Å². The van der Waals surface area contributed by atoms with Gasteiger partial charge in [0, 0.05) is 19.0 Å². The first-order valence-corrected chi connectivity index (χ1v) is 7.05. The number of nitrogens with one attached hydrogen (secondary N) is 1. The Morgan fingerprint density at radius 3 is 2.90 bits per heavy atom. The van der Waals surface area contributed by atoms with Crippen LogP contribution in [0.5, 0.6) is 0 Å². The maximum absolute atomic E-state index is 9.30. The van der Waals surface area contributed by atoms with Crippen LogP contribution in [0.15, 0.2) is 30.3 Å². The molecule has 0 amide bonds. The number of hydrogen-bond acceptors (Lipinski definition) is 5. The van der Waals surface area contributed by atoms with Gasteiger partial charge < -0.3 is 25.0 Å². The van der Waals surface area contributed by atoms with Gasteiger partial charge in [-0.2, -0.15) is 0 Å². The topological polar surface area (TPSA) is 71.0 Å². The number of hydrogen-bond donors (Lipinski definition) is 3. The van der Waals surface area contributed by atoms with Gasteiger partial charge in [0.15, 0.2) is 0 Å². The molecule has 1 saturated heterocycles. The molecule has 0 saturated carbocycles. The zero-order valence-corrected chi connectivity index (χ0v) is 11.6. The van der Waals surface area contributed by atoms with Gasteiger partial charge in [-0.15, -0.1) is 0 Å². The molecule has 2 rings (SSSR count). The Bertz CT molecular complexity index is 373. The molecule has 1 heterocycles. The van der Waals surface area contributed by atoms with E-state index >= 15 is 0 Å². The molecule has 0 aliphatic carbocycles. The summed E-state index contributed by atoms with van der Waals surface area (Å²) in [6, 6.07) is 10.2. The minimum atomic E-state index is -0.825. The summed E-state index contributed by atoms with van der Waals surface area (Å²) in [6.07, 6.45) is -0.868. The van der Waals surface area contributed by atoms with E-state index in [4.69, 9.17) is 14.6 Å². The summed E-state index contributed by atoms with van der Waals surface area (Å²) < 4.78 is 11.3. The van der Waals surface area contributed by atoms with E-state index in [9.17, 15) is 5.11 Å². The van der Waals surface area contributed by atoms with Crippen molar-refractivity contribution in [3.05, 3.63) is 35.9 Å². The highest BCUT2D eigenvalue weighted by atomic mass is 16.5. The van der Waals surface area contributed by atoms with E-state index in [0.717, 1.165) is 13.1 Å². The Labute approximate surface area is 119 Å². The second-order valence-electron chi connectivity index (χ2n) is 5.00. The highest BCUT2D eigenvalue weighted by molar-refractivity contribution is 5.21. The highest BCUT2D eigenvalue weighted by Gasteiger charge is 2.26. The molecule has 5 nitrogen and oxygen atoms in total. The average Bonchev–Trinajstić information content (AvgIpc) is 2.73. The van der Waals surface area contributed by atoms with Crippen LogP contribution in [0.25, 0.3) is 0 Å². The Morgan fingerprint density at radius 2 is 2.15 bits per heavy atom. The lowest BCUT2D eigenvalue weighted by molar-refractivity contribution is -0.0501. The van der Waals surface area contributed by atoms with Crippen LogP contribution in [-0.2, 0) is 9.47 Å². The van der Waals surface area contributed by atoms with Crippen molar-refractivity contribution in [1.82, 2.24) is 5.32 Å². The Balaban J connectivity index is 1.95. The summed E-state index contributed by atoms with van der Waals surface area (Å²) in [5, 5.41) is 21.4. The summed E-state index contributed by atoms with van der Waals surface area (Å²) in [6.45, 7) is 2.60. The quantitative estimate of drug-likeness (QED) is 0.691. The zero-order chi connectivity index (χ0) is 14.2. The van der Waals surface area contributed by atoms with E-state index in [0.29, 0.717) is 13.2 Å². The van der Waals surface area contributed by atoms with E-state index in [1.54, 1.807) is 0 Å². The van der Waals surface area contributed by atoms with Crippen LogP contribution in [-0.4, -0.2) is 61.9 Å². The van der Waals surface area contributed by atoms with Crippen LogP contribution in [0.4, 0.5) is 0 Å². The predicted molar refractivity (Wildman–Crippen MR) is 75.7 cm³/mol. The van der Waals surface area contributed by atoms with Crippen LogP contribution in [0.1, 0.15) is 11.5 Å². The lowest BCUT2D eigenvalue weighted by Crippen LogP contribution is -2.32. The van der Waals surface area contributed by atoms with Gasteiger partial charge in [-0.25, -0.2) is 0 Å². The Hall–Kier alpha value is -0.980. The molecule has 0 spiro atoms. The first-order chi connectivity index (χ1) is 9.81. The third-order valence-corrected chi connectivity index (χ3v) is 3.45. The van der Waals surface area contributed by atoms with Crippen molar-refractivity contribution in [2.75, 3.05) is 39.5 Å². The Morgan fingerprint density at radius 1 is 1.35 bits per heavy atom. The number of rotatable bonds is 6. The fraction of sp³-hybridized carbons (Fsp3) is 0.600. The summed E-state index contributed by atoms with van der Waals surface area (Å²) in [7, 11) is 0. The fourth-order valence-corrected chi connectivity index (χ4v) is 2.36. The molecule has 1 aromatic carbocycles. The van der Waals surface area contributed by atoms with Gasteiger partial charge in [0.05, 0.1) is 32.5 Å². The van der Waals surface area contributed by atoms with Crippen LogP contribution in [0, 0.1) is 0 Å². The van der Waals surface area contributed by atoms with Crippen molar-refractivity contribution in [3.63, 3.8) is 0 Å². The summed E-state index contributed by atoms with van der Waals surface area (Å²) in [5.74, 6) is 0.227. The average molecular weight is 281 g/mol. The molecule has 1 aliphatic rings. The van der Waals surface area contributed by atoms with E-state index in [1.807, 2.05) is 18.2 Å². The van der Waals surface area contributed by atoms with Crippen molar-refractivity contribution < 1.29 is 19.7 Å². The van der Waals surface area contributed by atoms with Crippen molar-refractivity contribution in [2.45, 2.75) is 18.1 Å². The smallest absolute Gasteiger partial charge is 0.100 e. The van der Waals surface area contributed by atoms with Gasteiger partial charge in [0.1, 0.15) is 6.10 Å². The number of aliphatic hydroxyl groups is 2. The van der Waals surface area contributed by atoms with Crippen LogP contribution in [0.2, 0.25) is 0 Å². The standard InChI is InChI=1S/C15H23NO4/c17-9-13(18)10-19-11-15-14(8-16-6-7-20-15)12-4-2-1-3-5-12/h1-5,13-18H,6-11H2. The molecular formula is C15H23NO4. The van der Waals surface area contributed by atoms with Gasteiger partial charge in [-0.1, -0.05) is 30.3 Å². The molecule has 0 radical (unpaired) electrons. The van der Waals surface area contributed by atoms with Crippen molar-refractivity contribution in [1.29, 1.82) is 0 Å². The first-order valence-electron chi connectivity index (χ1n) is 7.05. The van der Waals surface area contributed by atoms with Crippen LogP contribution < -0.4 is 5.32 Å². The van der Waals surface area contributed by atoms with E-state index in [-0.39, 0.29) is 25.2 Å². The van der Waals surface area contributed by atoms with E-state index in [2.05, 4.69) is 17.4 Å². The second kappa shape index (κ2) is 8.34. The number of benzene rings is 1. The SMILES string of the molecule is OCC(O)COCC1OCCNCC1c1ccccc1. The molecule has 20 heavy (non-hydrogen) atoms. The second-order valence-corrected chi connectivity index (χ2v) is 5.00. The highest BCUT2D eigenvalue weighted by Crippen LogP contribution is 2.23. The zero-order valence-electron chi connectivity index (χ0n) is 11.6. The molecule has 112 valence electrons. The first kappa shape index (κ1) is 15.4. The van der Waals surface area contributed by atoms with Crippen LogP contribution in [0.3, 0.4) is 0 Å². The van der Waals surface area contributed by atoms with Crippen molar-refractivity contribution >= 4 is 0 Å². The van der Waals surface area contributed by atoms with E-state index < -0.39 is 6.10 Å². The largest absolute Gasteiger partial charge is 0.394 e. The van der Waals surface area contributed by atoms with Gasteiger partial charge in [-0.05, 0) is 5.56 Å². The normalized spacial score (nSPS) is 25.1. The molecule has 0 aromatic heterocycles. The molecule has 1 fully saturated rings. The lowest BCUT2D eigenvalue weighted by Gasteiger charge is -2.25.